The molecule has 0 heterocycles. The fourth-order valence-corrected chi connectivity index (χ4v) is 3.03. The molecule has 0 aliphatic rings. The number of nitrogens with two attached hydrogens (primary N) is 1. The molecule has 1 atom stereocenters. The SMILES string of the molecule is Cc1c(CCCCCC(=O)O)cccc1OC[C@H](CCC(N)=O)NC(=O)OC(C)(C)C. The first-order valence-electron chi connectivity index (χ1n) is 10.7. The largest absolute Gasteiger partial charge is 0.491 e. The van der Waals surface area contributed by atoms with Gasteiger partial charge in [-0.25, -0.2) is 4.79 Å². The Morgan fingerprint density at radius 1 is 1.13 bits per heavy atom. The number of aliphatic carboxylic acids is 1. The number of aryl methyl sites for hydroxylation is 1. The number of nitrogens with one attached hydrogen (secondary N) is 1. The van der Waals surface area contributed by atoms with E-state index in [2.05, 4.69) is 5.32 Å². The van der Waals surface area contributed by atoms with E-state index in [1.165, 1.54) is 0 Å². The normalized spacial score (nSPS) is 12.1. The molecule has 0 aromatic heterocycles. The zero-order valence-corrected chi connectivity index (χ0v) is 19.0. The van der Waals surface area contributed by atoms with Gasteiger partial charge in [-0.1, -0.05) is 18.6 Å². The number of carbonyl (C=O) groups is 3. The van der Waals surface area contributed by atoms with Crippen LogP contribution in [0, 0.1) is 6.92 Å². The van der Waals surface area contributed by atoms with Crippen LogP contribution >= 0.6 is 0 Å². The smallest absolute Gasteiger partial charge is 0.407 e. The van der Waals surface area contributed by atoms with Crippen LogP contribution in [0.5, 0.6) is 5.75 Å². The molecular weight excluding hydrogens is 400 g/mol. The van der Waals surface area contributed by atoms with Crippen LogP contribution in [-0.2, 0) is 20.7 Å². The van der Waals surface area contributed by atoms with Crippen molar-refractivity contribution in [1.82, 2.24) is 5.32 Å². The second-order valence-corrected chi connectivity index (χ2v) is 8.65. The minimum absolute atomic E-state index is 0.124. The molecule has 0 radical (unpaired) electrons. The maximum atomic E-state index is 12.1. The van der Waals surface area contributed by atoms with Crippen molar-refractivity contribution in [2.24, 2.45) is 5.73 Å². The molecule has 0 unspecified atom stereocenters. The zero-order valence-electron chi connectivity index (χ0n) is 19.0. The lowest BCUT2D eigenvalue weighted by Gasteiger charge is -2.24. The third-order valence-corrected chi connectivity index (χ3v) is 4.63. The molecule has 174 valence electrons. The van der Waals surface area contributed by atoms with Crippen LogP contribution in [0.15, 0.2) is 18.2 Å². The van der Waals surface area contributed by atoms with Gasteiger partial charge in [0.2, 0.25) is 5.91 Å². The predicted octanol–water partition coefficient (Wildman–Crippen LogP) is 3.72. The minimum atomic E-state index is -0.766. The molecule has 1 aromatic rings. The third-order valence-electron chi connectivity index (χ3n) is 4.63. The Morgan fingerprint density at radius 3 is 2.45 bits per heavy atom. The first kappa shape index (κ1) is 26.3. The lowest BCUT2D eigenvalue weighted by Crippen LogP contribution is -2.42. The fourth-order valence-electron chi connectivity index (χ4n) is 3.03. The van der Waals surface area contributed by atoms with Gasteiger partial charge in [0.05, 0.1) is 6.04 Å². The summed E-state index contributed by atoms with van der Waals surface area (Å²) in [4.78, 5) is 33.9. The minimum Gasteiger partial charge on any atom is -0.491 e. The quantitative estimate of drug-likeness (QED) is 0.404. The van der Waals surface area contributed by atoms with Gasteiger partial charge in [0.25, 0.3) is 0 Å². The maximum Gasteiger partial charge on any atom is 0.407 e. The van der Waals surface area contributed by atoms with Crippen LogP contribution in [0.4, 0.5) is 4.79 Å². The van der Waals surface area contributed by atoms with E-state index in [4.69, 9.17) is 20.3 Å². The summed E-state index contributed by atoms with van der Waals surface area (Å²) in [5, 5.41) is 11.5. The Hall–Kier alpha value is -2.77. The van der Waals surface area contributed by atoms with Gasteiger partial charge in [-0.3, -0.25) is 9.59 Å². The van der Waals surface area contributed by atoms with Crippen molar-refractivity contribution < 1.29 is 29.0 Å². The molecular formula is C23H36N2O6. The highest BCUT2D eigenvalue weighted by molar-refractivity contribution is 5.74. The Morgan fingerprint density at radius 2 is 1.84 bits per heavy atom. The molecule has 2 amide bonds. The van der Waals surface area contributed by atoms with Gasteiger partial charge in [0.1, 0.15) is 18.0 Å². The average molecular weight is 437 g/mol. The summed E-state index contributed by atoms with van der Waals surface area (Å²) in [6.07, 6.45) is 3.35. The number of carboxylic acids is 1. The molecule has 0 saturated carbocycles. The van der Waals surface area contributed by atoms with Crippen molar-refractivity contribution in [3.05, 3.63) is 29.3 Å². The Balaban J connectivity index is 2.68. The number of rotatable bonds is 13. The summed E-state index contributed by atoms with van der Waals surface area (Å²) in [7, 11) is 0. The highest BCUT2D eigenvalue weighted by Gasteiger charge is 2.21. The molecule has 8 heteroatoms. The Kier molecular flexibility index (Phi) is 10.9. The number of ether oxygens (including phenoxy) is 2. The van der Waals surface area contributed by atoms with Crippen LogP contribution in [0.1, 0.15) is 70.4 Å². The number of amides is 2. The summed E-state index contributed by atoms with van der Waals surface area (Å²) in [5.41, 5.74) is 6.77. The first-order valence-corrected chi connectivity index (χ1v) is 10.7. The maximum absolute atomic E-state index is 12.1. The molecule has 0 bridgehead atoms. The highest BCUT2D eigenvalue weighted by atomic mass is 16.6. The van der Waals surface area contributed by atoms with Crippen molar-refractivity contribution in [3.63, 3.8) is 0 Å². The summed E-state index contributed by atoms with van der Waals surface area (Å²) < 4.78 is 11.3. The van der Waals surface area contributed by atoms with E-state index < -0.39 is 29.6 Å². The second-order valence-electron chi connectivity index (χ2n) is 8.65. The van der Waals surface area contributed by atoms with Gasteiger partial charge in [-0.2, -0.15) is 0 Å². The molecule has 0 saturated heterocycles. The van der Waals surface area contributed by atoms with Crippen LogP contribution in [0.3, 0.4) is 0 Å². The van der Waals surface area contributed by atoms with Crippen molar-refractivity contribution in [2.45, 2.75) is 84.3 Å². The van der Waals surface area contributed by atoms with Gasteiger partial charge in [0, 0.05) is 12.8 Å². The number of carbonyl (C=O) groups excluding carboxylic acids is 2. The lowest BCUT2D eigenvalue weighted by molar-refractivity contribution is -0.137. The number of hydrogen-bond donors (Lipinski definition) is 3. The molecule has 31 heavy (non-hydrogen) atoms. The van der Waals surface area contributed by atoms with E-state index in [1.54, 1.807) is 20.8 Å². The van der Waals surface area contributed by atoms with Crippen LogP contribution in [0.2, 0.25) is 0 Å². The summed E-state index contributed by atoms with van der Waals surface area (Å²) in [6, 6.07) is 5.38. The lowest BCUT2D eigenvalue weighted by atomic mass is 10.0. The fraction of sp³-hybridized carbons (Fsp3) is 0.609. The monoisotopic (exact) mass is 436 g/mol. The Labute approximate surface area is 184 Å². The molecule has 4 N–H and O–H groups in total. The molecule has 1 aromatic carbocycles. The van der Waals surface area contributed by atoms with Gasteiger partial charge >= 0.3 is 12.1 Å². The number of benzene rings is 1. The molecule has 8 nitrogen and oxygen atoms in total. The van der Waals surface area contributed by atoms with Crippen LogP contribution < -0.4 is 15.8 Å². The van der Waals surface area contributed by atoms with Crippen LogP contribution in [-0.4, -0.2) is 41.3 Å². The second kappa shape index (κ2) is 12.8. The summed E-state index contributed by atoms with van der Waals surface area (Å²) >= 11 is 0. The van der Waals surface area contributed by atoms with Gasteiger partial charge in [0.15, 0.2) is 0 Å². The van der Waals surface area contributed by atoms with E-state index in [0.29, 0.717) is 18.6 Å². The average Bonchev–Trinajstić information content (AvgIpc) is 2.63. The summed E-state index contributed by atoms with van der Waals surface area (Å²) in [6.45, 7) is 7.48. The summed E-state index contributed by atoms with van der Waals surface area (Å²) in [5.74, 6) is -0.507. The molecule has 0 fully saturated rings. The number of unbranched alkanes of at least 4 members (excludes halogenated alkanes) is 2. The number of carboxylic acid groups (broad SMARTS) is 1. The molecule has 0 spiro atoms. The first-order chi connectivity index (χ1) is 14.5. The van der Waals surface area contributed by atoms with Gasteiger partial charge in [-0.05, 0) is 70.6 Å². The van der Waals surface area contributed by atoms with E-state index in [1.807, 2.05) is 25.1 Å². The van der Waals surface area contributed by atoms with E-state index in [9.17, 15) is 14.4 Å². The topological polar surface area (TPSA) is 128 Å². The number of alkyl carbamates (subject to hydrolysis) is 1. The number of primary amides is 1. The van der Waals surface area contributed by atoms with Gasteiger partial charge < -0.3 is 25.6 Å². The van der Waals surface area contributed by atoms with Gasteiger partial charge in [-0.15, -0.1) is 0 Å². The molecule has 0 aliphatic heterocycles. The standard InChI is InChI=1S/C23H36N2O6/c1-16-17(9-6-5-7-12-21(27)28)10-8-11-19(16)30-15-18(13-14-20(24)26)25-22(29)31-23(2,3)4/h8,10-11,18H,5-7,9,12-15H2,1-4H3,(H2,24,26)(H,25,29)(H,27,28)/t18-/m0/s1. The molecule has 1 rings (SSSR count). The van der Waals surface area contributed by atoms with E-state index >= 15 is 0 Å². The van der Waals surface area contributed by atoms with Crippen LogP contribution in [0.25, 0.3) is 0 Å². The van der Waals surface area contributed by atoms with Crippen molar-refractivity contribution >= 4 is 18.0 Å². The molecule has 0 aliphatic carbocycles. The van der Waals surface area contributed by atoms with Crippen molar-refractivity contribution in [2.75, 3.05) is 6.61 Å². The van der Waals surface area contributed by atoms with Crippen molar-refractivity contribution in [1.29, 1.82) is 0 Å². The number of hydrogen-bond acceptors (Lipinski definition) is 5. The van der Waals surface area contributed by atoms with E-state index in [-0.39, 0.29) is 19.4 Å². The van der Waals surface area contributed by atoms with E-state index in [0.717, 1.165) is 30.4 Å². The third kappa shape index (κ3) is 11.9. The zero-order chi connectivity index (χ0) is 23.4. The van der Waals surface area contributed by atoms with Crippen molar-refractivity contribution in [3.8, 4) is 5.75 Å². The Bertz CT molecular complexity index is 742. The predicted molar refractivity (Wildman–Crippen MR) is 118 cm³/mol. The highest BCUT2D eigenvalue weighted by Crippen LogP contribution is 2.23.